The smallest absolute Gasteiger partial charge is 0.264 e. The van der Waals surface area contributed by atoms with E-state index in [2.05, 4.69) is 12.1 Å². The van der Waals surface area contributed by atoms with E-state index in [9.17, 15) is 9.59 Å². The number of rotatable bonds is 6. The molecule has 2 heterocycles. The first-order valence-corrected chi connectivity index (χ1v) is 13.8. The highest BCUT2D eigenvalue weighted by Crippen LogP contribution is 2.32. The lowest BCUT2D eigenvalue weighted by Crippen LogP contribution is -2.48. The van der Waals surface area contributed by atoms with Gasteiger partial charge in [-0.1, -0.05) is 78.9 Å². The SMILES string of the molecule is Cn1cc(C(=O)N(c2ccccc2)c2ccccc2)cc1-c1ccccc1C(=O)N1Cc2ccccc2C[C@H]1CN. The third-order valence-electron chi connectivity index (χ3n) is 7.81. The molecule has 0 radical (unpaired) electrons. The van der Waals surface area contributed by atoms with Gasteiger partial charge in [0.1, 0.15) is 0 Å². The number of fused-ring (bicyclic) bond motifs is 1. The Hall–Kier alpha value is -4.94. The van der Waals surface area contributed by atoms with Gasteiger partial charge in [-0.05, 0) is 53.9 Å². The van der Waals surface area contributed by atoms with E-state index >= 15 is 0 Å². The second-order valence-electron chi connectivity index (χ2n) is 10.4. The van der Waals surface area contributed by atoms with E-state index in [0.717, 1.165) is 34.6 Å². The first kappa shape index (κ1) is 26.3. The molecule has 6 nitrogen and oxygen atoms in total. The van der Waals surface area contributed by atoms with Crippen LogP contribution in [0.1, 0.15) is 31.8 Å². The summed E-state index contributed by atoms with van der Waals surface area (Å²) in [5.74, 6) is -0.210. The van der Waals surface area contributed by atoms with Crippen molar-refractivity contribution in [3.8, 4) is 11.3 Å². The van der Waals surface area contributed by atoms with Crippen LogP contribution in [0.3, 0.4) is 0 Å². The highest BCUT2D eigenvalue weighted by molar-refractivity contribution is 6.11. The minimum Gasteiger partial charge on any atom is -0.350 e. The van der Waals surface area contributed by atoms with E-state index in [1.807, 2.05) is 126 Å². The summed E-state index contributed by atoms with van der Waals surface area (Å²) in [5.41, 5.74) is 12.8. The minimum absolute atomic E-state index is 0.0603. The molecule has 2 N–H and O–H groups in total. The van der Waals surface area contributed by atoms with E-state index in [-0.39, 0.29) is 17.9 Å². The number of aromatic nitrogens is 1. The van der Waals surface area contributed by atoms with Gasteiger partial charge in [0, 0.05) is 60.6 Å². The summed E-state index contributed by atoms with van der Waals surface area (Å²) in [7, 11) is 1.91. The van der Waals surface area contributed by atoms with Gasteiger partial charge in [-0.2, -0.15) is 0 Å². The lowest BCUT2D eigenvalue weighted by Gasteiger charge is -2.36. The van der Waals surface area contributed by atoms with E-state index in [1.54, 1.807) is 4.90 Å². The Bertz CT molecular complexity index is 1650. The molecule has 0 fully saturated rings. The van der Waals surface area contributed by atoms with Gasteiger partial charge in [-0.25, -0.2) is 0 Å². The lowest BCUT2D eigenvalue weighted by molar-refractivity contribution is 0.0648. The maximum Gasteiger partial charge on any atom is 0.264 e. The molecule has 1 aromatic heterocycles. The van der Waals surface area contributed by atoms with Crippen LogP contribution < -0.4 is 10.6 Å². The van der Waals surface area contributed by atoms with Crippen molar-refractivity contribution in [3.05, 3.63) is 144 Å². The molecule has 204 valence electrons. The van der Waals surface area contributed by atoms with Crippen molar-refractivity contribution in [3.63, 3.8) is 0 Å². The summed E-state index contributed by atoms with van der Waals surface area (Å²) in [6.07, 6.45) is 2.57. The van der Waals surface area contributed by atoms with Crippen LogP contribution in [0.4, 0.5) is 11.4 Å². The van der Waals surface area contributed by atoms with Crippen molar-refractivity contribution in [1.29, 1.82) is 0 Å². The van der Waals surface area contributed by atoms with Crippen LogP contribution in [-0.2, 0) is 20.0 Å². The number of hydrogen-bond acceptors (Lipinski definition) is 3. The third-order valence-corrected chi connectivity index (χ3v) is 7.81. The van der Waals surface area contributed by atoms with Crippen LogP contribution in [0.5, 0.6) is 0 Å². The summed E-state index contributed by atoms with van der Waals surface area (Å²) in [5, 5.41) is 0. The Morgan fingerprint density at radius 2 is 1.39 bits per heavy atom. The van der Waals surface area contributed by atoms with Crippen molar-refractivity contribution < 1.29 is 9.59 Å². The zero-order valence-electron chi connectivity index (χ0n) is 23.0. The number of carbonyl (C=O) groups is 2. The Labute approximate surface area is 240 Å². The fourth-order valence-corrected chi connectivity index (χ4v) is 5.70. The van der Waals surface area contributed by atoms with Gasteiger partial charge in [-0.15, -0.1) is 0 Å². The molecule has 0 saturated carbocycles. The monoisotopic (exact) mass is 540 g/mol. The zero-order chi connectivity index (χ0) is 28.3. The topological polar surface area (TPSA) is 71.6 Å². The predicted octanol–water partition coefficient (Wildman–Crippen LogP) is 6.20. The van der Waals surface area contributed by atoms with Crippen LogP contribution in [0.2, 0.25) is 0 Å². The fourth-order valence-electron chi connectivity index (χ4n) is 5.70. The van der Waals surface area contributed by atoms with Gasteiger partial charge < -0.3 is 15.2 Å². The second-order valence-corrected chi connectivity index (χ2v) is 10.4. The van der Waals surface area contributed by atoms with Crippen molar-refractivity contribution >= 4 is 23.2 Å². The van der Waals surface area contributed by atoms with E-state index in [4.69, 9.17) is 5.73 Å². The van der Waals surface area contributed by atoms with Gasteiger partial charge in [0.15, 0.2) is 0 Å². The summed E-state index contributed by atoms with van der Waals surface area (Å²) in [6, 6.07) is 36.9. The molecule has 0 spiro atoms. The van der Waals surface area contributed by atoms with E-state index < -0.39 is 0 Å². The van der Waals surface area contributed by atoms with Crippen LogP contribution >= 0.6 is 0 Å². The maximum absolute atomic E-state index is 14.1. The summed E-state index contributed by atoms with van der Waals surface area (Å²) in [6.45, 7) is 0.908. The molecule has 5 aromatic rings. The second kappa shape index (κ2) is 11.3. The van der Waals surface area contributed by atoms with Gasteiger partial charge >= 0.3 is 0 Å². The standard InChI is InChI=1S/C35H32N4O2/c1-37-23-27(34(40)39(28-14-4-2-5-15-28)29-16-6-3-7-17-29)21-33(37)31-18-10-11-19-32(31)35(41)38-24-26-13-9-8-12-25(26)20-30(38)22-36/h2-19,21,23,30H,20,22,24,36H2,1H3/t30-/m0/s1. The van der Waals surface area contributed by atoms with Crippen molar-refractivity contribution in [1.82, 2.24) is 9.47 Å². The average molecular weight is 541 g/mol. The Kier molecular flexibility index (Phi) is 7.23. The highest BCUT2D eigenvalue weighted by atomic mass is 16.2. The van der Waals surface area contributed by atoms with E-state index in [1.165, 1.54) is 5.56 Å². The number of amides is 2. The molecule has 6 rings (SSSR count). The molecule has 0 saturated heterocycles. The van der Waals surface area contributed by atoms with Crippen molar-refractivity contribution in [2.45, 2.75) is 19.0 Å². The number of aryl methyl sites for hydroxylation is 1. The van der Waals surface area contributed by atoms with Gasteiger partial charge in [0.05, 0.1) is 5.56 Å². The maximum atomic E-state index is 14.1. The molecule has 1 aliphatic rings. The summed E-state index contributed by atoms with van der Waals surface area (Å²) < 4.78 is 1.92. The fraction of sp³-hybridized carbons (Fsp3) is 0.143. The molecule has 1 aliphatic heterocycles. The molecule has 4 aromatic carbocycles. The quantitative estimate of drug-likeness (QED) is 0.279. The minimum atomic E-state index is -0.149. The zero-order valence-corrected chi connectivity index (χ0v) is 23.0. The van der Waals surface area contributed by atoms with Crippen LogP contribution in [-0.4, -0.2) is 33.9 Å². The normalized spacial score (nSPS) is 14.4. The number of carbonyl (C=O) groups excluding carboxylic acids is 2. The van der Waals surface area contributed by atoms with Gasteiger partial charge in [0.2, 0.25) is 0 Å². The number of anilines is 2. The Morgan fingerprint density at radius 1 is 0.805 bits per heavy atom. The average Bonchev–Trinajstić information content (AvgIpc) is 3.42. The van der Waals surface area contributed by atoms with Crippen LogP contribution in [0.15, 0.2) is 121 Å². The lowest BCUT2D eigenvalue weighted by atomic mass is 9.92. The third kappa shape index (κ3) is 5.06. The molecular weight excluding hydrogens is 508 g/mol. The van der Waals surface area contributed by atoms with Gasteiger partial charge in [-0.3, -0.25) is 14.5 Å². The molecule has 0 bridgehead atoms. The number of benzene rings is 4. The first-order valence-electron chi connectivity index (χ1n) is 13.8. The number of hydrogen-bond donors (Lipinski definition) is 1. The van der Waals surface area contributed by atoms with Crippen molar-refractivity contribution in [2.75, 3.05) is 11.4 Å². The Balaban J connectivity index is 1.36. The van der Waals surface area contributed by atoms with Gasteiger partial charge in [0.25, 0.3) is 11.8 Å². The summed E-state index contributed by atoms with van der Waals surface area (Å²) >= 11 is 0. The highest BCUT2D eigenvalue weighted by Gasteiger charge is 2.31. The molecule has 41 heavy (non-hydrogen) atoms. The van der Waals surface area contributed by atoms with Crippen LogP contribution in [0, 0.1) is 0 Å². The van der Waals surface area contributed by atoms with Crippen molar-refractivity contribution in [2.24, 2.45) is 12.8 Å². The molecule has 6 heteroatoms. The molecule has 2 amide bonds. The molecular formula is C35H32N4O2. The van der Waals surface area contributed by atoms with E-state index in [0.29, 0.717) is 24.2 Å². The molecule has 0 aliphatic carbocycles. The Morgan fingerprint density at radius 3 is 2.05 bits per heavy atom. The number of para-hydroxylation sites is 2. The summed E-state index contributed by atoms with van der Waals surface area (Å²) in [4.78, 5) is 31.7. The first-order chi connectivity index (χ1) is 20.0. The predicted molar refractivity (Wildman–Crippen MR) is 163 cm³/mol. The molecule has 1 atom stereocenters. The van der Waals surface area contributed by atoms with Crippen LogP contribution in [0.25, 0.3) is 11.3 Å². The molecule has 0 unspecified atom stereocenters. The number of nitrogens with two attached hydrogens (primary N) is 1. The number of nitrogens with zero attached hydrogens (tertiary/aromatic N) is 3. The largest absolute Gasteiger partial charge is 0.350 e.